The van der Waals surface area contributed by atoms with E-state index in [-0.39, 0.29) is 18.3 Å². The molecule has 2 amide bonds. The van der Waals surface area contributed by atoms with Crippen LogP contribution in [0.1, 0.15) is 0 Å². The van der Waals surface area contributed by atoms with Gasteiger partial charge in [0.1, 0.15) is 5.75 Å². The van der Waals surface area contributed by atoms with Crippen LogP contribution >= 0.6 is 12.2 Å². The highest BCUT2D eigenvalue weighted by atomic mass is 32.1. The highest BCUT2D eigenvalue weighted by Crippen LogP contribution is 2.20. The highest BCUT2D eigenvalue weighted by molar-refractivity contribution is 7.80. The fourth-order valence-electron chi connectivity index (χ4n) is 2.49. The van der Waals surface area contributed by atoms with Gasteiger partial charge in [0.2, 0.25) is 0 Å². The molecule has 0 atom stereocenters. The topological polar surface area (TPSA) is 91.5 Å². The minimum atomic E-state index is -0.443. The summed E-state index contributed by atoms with van der Waals surface area (Å²) in [7, 11) is 0. The van der Waals surface area contributed by atoms with E-state index in [0.29, 0.717) is 5.75 Å². The molecule has 148 valence electrons. The zero-order valence-electron chi connectivity index (χ0n) is 15.5. The van der Waals surface area contributed by atoms with E-state index in [9.17, 15) is 9.59 Å². The number of benzene rings is 3. The zero-order chi connectivity index (χ0) is 20.5. The maximum atomic E-state index is 11.9. The van der Waals surface area contributed by atoms with Crippen LogP contribution in [0.3, 0.4) is 0 Å². The fraction of sp³-hybridized carbons (Fsp3) is 0.0952. The lowest BCUT2D eigenvalue weighted by atomic mass is 10.1. The first-order valence-electron chi connectivity index (χ1n) is 8.89. The van der Waals surface area contributed by atoms with Gasteiger partial charge in [0, 0.05) is 5.69 Å². The number of hydrogen-bond acceptors (Lipinski definition) is 4. The van der Waals surface area contributed by atoms with Gasteiger partial charge in [-0.25, -0.2) is 0 Å². The van der Waals surface area contributed by atoms with Gasteiger partial charge in [0.15, 0.2) is 11.7 Å². The first-order valence-corrected chi connectivity index (χ1v) is 9.30. The molecule has 0 saturated heterocycles. The van der Waals surface area contributed by atoms with Crippen molar-refractivity contribution in [1.29, 1.82) is 0 Å². The molecular weight excluding hydrogens is 388 g/mol. The van der Waals surface area contributed by atoms with Gasteiger partial charge in [-0.2, -0.15) is 0 Å². The molecule has 3 aromatic carbocycles. The third-order valence-electron chi connectivity index (χ3n) is 3.88. The Hall–Kier alpha value is -3.65. The van der Waals surface area contributed by atoms with Gasteiger partial charge in [-0.15, -0.1) is 0 Å². The molecule has 0 aliphatic carbocycles. The number of hydrazine groups is 1. The molecule has 0 bridgehead atoms. The molecule has 8 heteroatoms. The number of fused-ring (bicyclic) bond motifs is 1. The third kappa shape index (κ3) is 6.47. The largest absolute Gasteiger partial charge is 0.484 e. The Kier molecular flexibility index (Phi) is 6.96. The molecule has 0 fully saturated rings. The minimum Gasteiger partial charge on any atom is -0.484 e. The Labute approximate surface area is 173 Å². The molecule has 0 radical (unpaired) electrons. The van der Waals surface area contributed by atoms with Crippen LogP contribution < -0.4 is 26.2 Å². The Bertz CT molecular complexity index is 1010. The molecule has 0 aliphatic heterocycles. The number of carbonyl (C=O) groups excluding carboxylic acids is 2. The second-order valence-electron chi connectivity index (χ2n) is 6.07. The molecule has 0 saturated carbocycles. The monoisotopic (exact) mass is 408 g/mol. The van der Waals surface area contributed by atoms with Gasteiger partial charge in [0.05, 0.1) is 6.54 Å². The van der Waals surface area contributed by atoms with Crippen molar-refractivity contribution >= 4 is 45.6 Å². The van der Waals surface area contributed by atoms with Gasteiger partial charge >= 0.3 is 0 Å². The molecule has 3 rings (SSSR count). The molecule has 29 heavy (non-hydrogen) atoms. The van der Waals surface area contributed by atoms with Crippen molar-refractivity contribution < 1.29 is 14.3 Å². The van der Waals surface area contributed by atoms with E-state index in [4.69, 9.17) is 17.0 Å². The molecule has 0 heterocycles. The Balaban J connectivity index is 1.35. The highest BCUT2D eigenvalue weighted by Gasteiger charge is 2.07. The van der Waals surface area contributed by atoms with E-state index in [2.05, 4.69) is 21.5 Å². The summed E-state index contributed by atoms with van der Waals surface area (Å²) in [6.45, 7) is -0.395. The summed E-state index contributed by atoms with van der Waals surface area (Å²) < 4.78 is 5.48. The quantitative estimate of drug-likeness (QED) is 0.370. The number of anilines is 1. The van der Waals surface area contributed by atoms with Crippen molar-refractivity contribution in [3.63, 3.8) is 0 Å². The number of ether oxygens (including phenoxy) is 1. The Morgan fingerprint density at radius 3 is 2.34 bits per heavy atom. The van der Waals surface area contributed by atoms with E-state index in [1.54, 1.807) is 6.07 Å². The van der Waals surface area contributed by atoms with Gasteiger partial charge < -0.3 is 15.4 Å². The lowest BCUT2D eigenvalue weighted by Gasteiger charge is -2.12. The van der Waals surface area contributed by atoms with Crippen LogP contribution in [0.25, 0.3) is 10.8 Å². The van der Waals surface area contributed by atoms with E-state index < -0.39 is 11.8 Å². The maximum Gasteiger partial charge on any atom is 0.258 e. The summed E-state index contributed by atoms with van der Waals surface area (Å²) in [4.78, 5) is 23.7. The molecule has 0 unspecified atom stereocenters. The van der Waals surface area contributed by atoms with Gasteiger partial charge in [-0.3, -0.25) is 20.4 Å². The van der Waals surface area contributed by atoms with Crippen LogP contribution in [0.5, 0.6) is 5.75 Å². The van der Waals surface area contributed by atoms with Crippen LogP contribution in [-0.2, 0) is 9.59 Å². The van der Waals surface area contributed by atoms with E-state index >= 15 is 0 Å². The number of hydrogen-bond donors (Lipinski definition) is 4. The van der Waals surface area contributed by atoms with Crippen molar-refractivity contribution in [2.75, 3.05) is 18.5 Å². The van der Waals surface area contributed by atoms with Crippen LogP contribution in [-0.4, -0.2) is 30.1 Å². The van der Waals surface area contributed by atoms with Crippen molar-refractivity contribution in [3.8, 4) is 5.75 Å². The molecular formula is C21H20N4O3S. The smallest absolute Gasteiger partial charge is 0.258 e. The van der Waals surface area contributed by atoms with Gasteiger partial charge in [-0.05, 0) is 47.3 Å². The van der Waals surface area contributed by atoms with E-state index in [0.717, 1.165) is 16.5 Å². The molecule has 4 N–H and O–H groups in total. The first-order chi connectivity index (χ1) is 14.1. The maximum absolute atomic E-state index is 11.9. The van der Waals surface area contributed by atoms with Gasteiger partial charge in [0.25, 0.3) is 11.8 Å². The fourth-order valence-corrected chi connectivity index (χ4v) is 2.66. The summed E-state index contributed by atoms with van der Waals surface area (Å²) in [5, 5.41) is 7.74. The summed E-state index contributed by atoms with van der Waals surface area (Å²) >= 11 is 5.08. The summed E-state index contributed by atoms with van der Waals surface area (Å²) in [6.07, 6.45) is 0. The number of rotatable bonds is 6. The van der Waals surface area contributed by atoms with Crippen molar-refractivity contribution in [1.82, 2.24) is 16.2 Å². The second kappa shape index (κ2) is 10.0. The van der Waals surface area contributed by atoms with Crippen molar-refractivity contribution in [2.45, 2.75) is 0 Å². The molecule has 0 spiro atoms. The molecule has 3 aromatic rings. The molecule has 0 aliphatic rings. The Morgan fingerprint density at radius 2 is 1.55 bits per heavy atom. The van der Waals surface area contributed by atoms with Crippen LogP contribution in [0, 0.1) is 0 Å². The minimum absolute atomic E-state index is 0.187. The summed E-state index contributed by atoms with van der Waals surface area (Å²) in [5.41, 5.74) is 5.76. The van der Waals surface area contributed by atoms with Gasteiger partial charge in [-0.1, -0.05) is 48.5 Å². The van der Waals surface area contributed by atoms with E-state index in [1.165, 1.54) is 0 Å². The second-order valence-corrected chi connectivity index (χ2v) is 6.48. The number of para-hydroxylation sites is 1. The Morgan fingerprint density at radius 1 is 0.828 bits per heavy atom. The predicted octanol–water partition coefficient (Wildman–Crippen LogP) is 2.35. The standard InChI is InChI=1S/C21H20N4O3S/c26-19(24-25-21(29)23-17-8-2-1-3-9-17)13-22-20(27)14-28-18-11-10-15-6-4-5-7-16(15)12-18/h1-12H,13-14H2,(H,22,27)(H,24,26)(H2,23,25,29). The van der Waals surface area contributed by atoms with Crippen LogP contribution in [0.15, 0.2) is 72.8 Å². The SMILES string of the molecule is O=C(COc1ccc2ccccc2c1)NCC(=O)NNC(=S)Nc1ccccc1. The number of carbonyl (C=O) groups is 2. The zero-order valence-corrected chi connectivity index (χ0v) is 16.3. The normalized spacial score (nSPS) is 10.1. The van der Waals surface area contributed by atoms with E-state index in [1.807, 2.05) is 66.7 Å². The molecule has 0 aromatic heterocycles. The summed E-state index contributed by atoms with van der Waals surface area (Å²) in [6, 6.07) is 22.7. The third-order valence-corrected chi connectivity index (χ3v) is 4.09. The average molecular weight is 408 g/mol. The summed E-state index contributed by atoms with van der Waals surface area (Å²) in [5.74, 6) is -0.262. The lowest BCUT2D eigenvalue weighted by molar-refractivity contribution is -0.127. The van der Waals surface area contributed by atoms with Crippen molar-refractivity contribution in [2.24, 2.45) is 0 Å². The van der Waals surface area contributed by atoms with Crippen molar-refractivity contribution in [3.05, 3.63) is 72.8 Å². The molecule has 7 nitrogen and oxygen atoms in total. The number of amides is 2. The van der Waals surface area contributed by atoms with Crippen LogP contribution in [0.4, 0.5) is 5.69 Å². The first kappa shape index (κ1) is 20.1. The predicted molar refractivity (Wildman–Crippen MR) is 116 cm³/mol. The average Bonchev–Trinajstić information content (AvgIpc) is 2.75. The number of nitrogens with one attached hydrogen (secondary N) is 4. The lowest BCUT2D eigenvalue weighted by Crippen LogP contribution is -2.48. The van der Waals surface area contributed by atoms with Crippen LogP contribution in [0.2, 0.25) is 0 Å². The number of thiocarbonyl (C=S) groups is 1.